The van der Waals surface area contributed by atoms with Gasteiger partial charge in [0.15, 0.2) is 6.61 Å². The third-order valence-electron chi connectivity index (χ3n) is 7.32. The van der Waals surface area contributed by atoms with E-state index in [-0.39, 0.29) is 29.9 Å². The molecule has 1 unspecified atom stereocenters. The van der Waals surface area contributed by atoms with Crippen LogP contribution in [0.2, 0.25) is 0 Å². The number of nitrogens with zero attached hydrogens (tertiary/aromatic N) is 1. The van der Waals surface area contributed by atoms with Crippen molar-refractivity contribution in [1.82, 2.24) is 10.2 Å². The van der Waals surface area contributed by atoms with Crippen LogP contribution in [0.5, 0.6) is 5.75 Å². The molecule has 1 aliphatic rings. The van der Waals surface area contributed by atoms with Gasteiger partial charge >= 0.3 is 0 Å². The van der Waals surface area contributed by atoms with Gasteiger partial charge in [-0.15, -0.1) is 0 Å². The monoisotopic (exact) mass is 590 g/mol. The van der Waals surface area contributed by atoms with Crippen LogP contribution in [-0.4, -0.2) is 35.4 Å². The van der Waals surface area contributed by atoms with Crippen LogP contribution in [0.1, 0.15) is 63.1 Å². The minimum atomic E-state index is -0.656. The maximum Gasteiger partial charge on any atom is 0.261 e. The van der Waals surface area contributed by atoms with Crippen LogP contribution in [0.4, 0.5) is 0 Å². The predicted molar refractivity (Wildman–Crippen MR) is 160 cm³/mol. The number of nitrogens with one attached hydrogen (secondary N) is 1. The average Bonchev–Trinajstić information content (AvgIpc) is 3.43. The summed E-state index contributed by atoms with van der Waals surface area (Å²) in [6.07, 6.45) is 4.65. The number of rotatable bonds is 10. The molecule has 0 heterocycles. The second kappa shape index (κ2) is 13.3. The van der Waals surface area contributed by atoms with Crippen LogP contribution in [-0.2, 0) is 28.0 Å². The van der Waals surface area contributed by atoms with E-state index in [1.165, 1.54) is 5.56 Å². The molecule has 0 spiro atoms. The molecule has 1 N–H and O–H groups in total. The molecule has 0 saturated heterocycles. The van der Waals surface area contributed by atoms with Gasteiger partial charge in [0.05, 0.1) is 0 Å². The minimum Gasteiger partial charge on any atom is -0.484 e. The highest BCUT2D eigenvalue weighted by molar-refractivity contribution is 9.10. The molecule has 1 fully saturated rings. The first-order chi connectivity index (χ1) is 18.7. The van der Waals surface area contributed by atoms with Gasteiger partial charge in [0.1, 0.15) is 11.8 Å². The van der Waals surface area contributed by atoms with E-state index in [1.54, 1.807) is 4.90 Å². The highest BCUT2D eigenvalue weighted by Gasteiger charge is 2.32. The summed E-state index contributed by atoms with van der Waals surface area (Å²) >= 11 is 3.49. The Morgan fingerprint density at radius 1 is 0.923 bits per heavy atom. The zero-order valence-electron chi connectivity index (χ0n) is 23.2. The van der Waals surface area contributed by atoms with Crippen molar-refractivity contribution >= 4 is 27.7 Å². The Balaban J connectivity index is 1.58. The number of hydrogen-bond acceptors (Lipinski definition) is 3. The molecule has 3 aromatic carbocycles. The molecule has 206 valence electrons. The summed E-state index contributed by atoms with van der Waals surface area (Å²) in [6, 6.07) is 25.1. The second-order valence-electron chi connectivity index (χ2n) is 11.4. The van der Waals surface area contributed by atoms with Gasteiger partial charge in [-0.05, 0) is 59.2 Å². The number of amides is 2. The van der Waals surface area contributed by atoms with E-state index in [2.05, 4.69) is 42.0 Å². The van der Waals surface area contributed by atoms with Crippen molar-refractivity contribution in [1.29, 1.82) is 0 Å². The van der Waals surface area contributed by atoms with Gasteiger partial charge in [0.2, 0.25) is 5.91 Å². The van der Waals surface area contributed by atoms with E-state index in [1.807, 2.05) is 78.9 Å². The first-order valence-corrected chi connectivity index (χ1v) is 14.6. The lowest BCUT2D eigenvalue weighted by Gasteiger charge is -2.32. The Labute approximate surface area is 241 Å². The predicted octanol–water partition coefficient (Wildman–Crippen LogP) is 6.82. The Hall–Kier alpha value is -3.12. The number of benzene rings is 3. The molecule has 6 heteroatoms. The lowest BCUT2D eigenvalue weighted by molar-refractivity contribution is -0.143. The van der Waals surface area contributed by atoms with Gasteiger partial charge in [-0.2, -0.15) is 0 Å². The molecule has 1 atom stereocenters. The Kier molecular flexibility index (Phi) is 9.84. The lowest BCUT2D eigenvalue weighted by atomic mass is 9.87. The molecule has 1 aliphatic carbocycles. The van der Waals surface area contributed by atoms with Crippen LogP contribution in [0.15, 0.2) is 83.3 Å². The number of ether oxygens (including phenoxy) is 1. The van der Waals surface area contributed by atoms with Crippen LogP contribution >= 0.6 is 15.9 Å². The van der Waals surface area contributed by atoms with E-state index in [0.717, 1.165) is 41.3 Å². The van der Waals surface area contributed by atoms with Crippen molar-refractivity contribution in [3.8, 4) is 5.75 Å². The fourth-order valence-electron chi connectivity index (χ4n) is 4.99. The van der Waals surface area contributed by atoms with Crippen molar-refractivity contribution in [3.05, 3.63) is 100 Å². The highest BCUT2D eigenvalue weighted by Crippen LogP contribution is 2.25. The molecule has 0 aliphatic heterocycles. The maximum atomic E-state index is 13.8. The van der Waals surface area contributed by atoms with Crippen LogP contribution in [0, 0.1) is 0 Å². The summed E-state index contributed by atoms with van der Waals surface area (Å²) in [7, 11) is 0. The Morgan fingerprint density at radius 2 is 1.56 bits per heavy atom. The van der Waals surface area contributed by atoms with E-state index in [4.69, 9.17) is 4.74 Å². The summed E-state index contributed by atoms with van der Waals surface area (Å²) in [4.78, 5) is 29.2. The first-order valence-electron chi connectivity index (χ1n) is 13.8. The van der Waals surface area contributed by atoms with Gasteiger partial charge in [0.25, 0.3) is 5.91 Å². The smallest absolute Gasteiger partial charge is 0.261 e. The van der Waals surface area contributed by atoms with Crippen molar-refractivity contribution < 1.29 is 14.3 Å². The third-order valence-corrected chi connectivity index (χ3v) is 7.85. The first kappa shape index (κ1) is 28.9. The number of carbonyl (C=O) groups is 2. The van der Waals surface area contributed by atoms with Crippen LogP contribution < -0.4 is 10.1 Å². The fraction of sp³-hybridized carbons (Fsp3) is 0.394. The van der Waals surface area contributed by atoms with Crippen LogP contribution in [0.3, 0.4) is 0 Å². The van der Waals surface area contributed by atoms with Gasteiger partial charge in [-0.25, -0.2) is 0 Å². The molecular formula is C33H39BrN2O3. The molecule has 0 bridgehead atoms. The normalized spacial score (nSPS) is 14.6. The van der Waals surface area contributed by atoms with Crippen molar-refractivity contribution in [2.45, 2.75) is 76.9 Å². The van der Waals surface area contributed by atoms with Gasteiger partial charge in [-0.1, -0.05) is 104 Å². The number of hydrogen-bond donors (Lipinski definition) is 1. The molecule has 0 aromatic heterocycles. The van der Waals surface area contributed by atoms with E-state index < -0.39 is 6.04 Å². The number of halogens is 1. The Morgan fingerprint density at radius 3 is 2.18 bits per heavy atom. The quantitative estimate of drug-likeness (QED) is 0.282. The topological polar surface area (TPSA) is 58.6 Å². The van der Waals surface area contributed by atoms with Gasteiger partial charge in [-0.3, -0.25) is 9.59 Å². The van der Waals surface area contributed by atoms with E-state index >= 15 is 0 Å². The maximum absolute atomic E-state index is 13.8. The van der Waals surface area contributed by atoms with E-state index in [9.17, 15) is 9.59 Å². The highest BCUT2D eigenvalue weighted by atomic mass is 79.9. The Bertz CT molecular complexity index is 1210. The largest absolute Gasteiger partial charge is 0.484 e. The zero-order chi connectivity index (χ0) is 27.8. The molecule has 5 nitrogen and oxygen atoms in total. The van der Waals surface area contributed by atoms with Gasteiger partial charge < -0.3 is 15.0 Å². The standard InChI is InChI=1S/C33H39BrN2O3/c1-33(2,3)26-15-19-29(20-16-26)39-23-31(37)36(22-25-13-17-27(34)18-14-25)30(21-24-9-5-4-6-10-24)32(38)35-28-11-7-8-12-28/h4-6,9-10,13-20,28,30H,7-8,11-12,21-23H2,1-3H3,(H,35,38). The summed E-state index contributed by atoms with van der Waals surface area (Å²) in [5, 5.41) is 3.24. The molecular weight excluding hydrogens is 552 g/mol. The SMILES string of the molecule is CC(C)(C)c1ccc(OCC(=O)N(Cc2ccc(Br)cc2)C(Cc2ccccc2)C(=O)NC2CCCC2)cc1. The molecule has 39 heavy (non-hydrogen) atoms. The van der Waals surface area contributed by atoms with Crippen LogP contribution in [0.25, 0.3) is 0 Å². The summed E-state index contributed by atoms with van der Waals surface area (Å²) in [6.45, 7) is 6.66. The van der Waals surface area contributed by atoms with Gasteiger partial charge in [0, 0.05) is 23.5 Å². The zero-order valence-corrected chi connectivity index (χ0v) is 24.7. The fourth-order valence-corrected chi connectivity index (χ4v) is 5.25. The third kappa shape index (κ3) is 8.43. The number of carbonyl (C=O) groups excluding carboxylic acids is 2. The lowest BCUT2D eigenvalue weighted by Crippen LogP contribution is -2.53. The molecule has 3 aromatic rings. The molecule has 4 rings (SSSR count). The molecule has 0 radical (unpaired) electrons. The molecule has 2 amide bonds. The molecule has 1 saturated carbocycles. The minimum absolute atomic E-state index is 0.0349. The average molecular weight is 592 g/mol. The summed E-state index contributed by atoms with van der Waals surface area (Å²) in [5.41, 5.74) is 3.20. The second-order valence-corrected chi connectivity index (χ2v) is 12.3. The van der Waals surface area contributed by atoms with E-state index in [0.29, 0.717) is 18.7 Å². The summed E-state index contributed by atoms with van der Waals surface area (Å²) < 4.78 is 6.92. The van der Waals surface area contributed by atoms with Crippen molar-refractivity contribution in [2.75, 3.05) is 6.61 Å². The van der Waals surface area contributed by atoms with Crippen molar-refractivity contribution in [2.24, 2.45) is 0 Å². The summed E-state index contributed by atoms with van der Waals surface area (Å²) in [5.74, 6) is 0.307. The van der Waals surface area contributed by atoms with Crippen molar-refractivity contribution in [3.63, 3.8) is 0 Å².